The van der Waals surface area contributed by atoms with Gasteiger partial charge in [-0.3, -0.25) is 4.79 Å². The van der Waals surface area contributed by atoms with Crippen molar-refractivity contribution in [3.8, 4) is 0 Å². The average Bonchev–Trinajstić information content (AvgIpc) is 2.55. The van der Waals surface area contributed by atoms with Crippen molar-refractivity contribution in [1.82, 2.24) is 4.31 Å². The van der Waals surface area contributed by atoms with Crippen LogP contribution in [0, 0.1) is 13.8 Å². The van der Waals surface area contributed by atoms with Gasteiger partial charge in [0.25, 0.3) is 0 Å². The third kappa shape index (κ3) is 6.29. The van der Waals surface area contributed by atoms with Crippen molar-refractivity contribution >= 4 is 21.6 Å². The predicted octanol–water partition coefficient (Wildman–Crippen LogP) is 3.39. The highest BCUT2D eigenvalue weighted by Gasteiger charge is 2.21. The zero-order chi connectivity index (χ0) is 18.4. The minimum absolute atomic E-state index is 0.153. The molecule has 1 N–H and O–H groups in total. The standard InChI is InChI=1S/C19H28N2O3S/c1-15-9-10-16(2)18(13-15)20-19(22)14-21(25(3,23)24)12-11-17-7-5-4-6-8-17/h7,9-10,13H,4-6,8,11-12,14H2,1-3H3,(H,20,22). The van der Waals surface area contributed by atoms with E-state index in [9.17, 15) is 13.2 Å². The van der Waals surface area contributed by atoms with E-state index in [1.807, 2.05) is 32.0 Å². The van der Waals surface area contributed by atoms with Crippen molar-refractivity contribution in [3.05, 3.63) is 41.0 Å². The van der Waals surface area contributed by atoms with Crippen LogP contribution in [0.5, 0.6) is 0 Å². The molecule has 0 saturated heterocycles. The van der Waals surface area contributed by atoms with E-state index in [0.717, 1.165) is 42.3 Å². The maximum Gasteiger partial charge on any atom is 0.239 e. The molecule has 0 bridgehead atoms. The Morgan fingerprint density at radius 1 is 1.24 bits per heavy atom. The molecule has 0 fully saturated rings. The first-order valence-corrected chi connectivity index (χ1v) is 10.6. The molecule has 0 unspecified atom stereocenters. The first-order chi connectivity index (χ1) is 11.8. The van der Waals surface area contributed by atoms with E-state index in [4.69, 9.17) is 0 Å². The highest BCUT2D eigenvalue weighted by Crippen LogP contribution is 2.21. The second kappa shape index (κ2) is 8.63. The van der Waals surface area contributed by atoms with Gasteiger partial charge in [0, 0.05) is 12.2 Å². The van der Waals surface area contributed by atoms with E-state index in [2.05, 4.69) is 11.4 Å². The third-order valence-corrected chi connectivity index (χ3v) is 5.77. The molecule has 6 heteroatoms. The van der Waals surface area contributed by atoms with Crippen LogP contribution in [0.25, 0.3) is 0 Å². The van der Waals surface area contributed by atoms with Crippen LogP contribution in [0.3, 0.4) is 0 Å². The molecule has 1 aromatic carbocycles. The fourth-order valence-corrected chi connectivity index (χ4v) is 3.76. The van der Waals surface area contributed by atoms with Crippen molar-refractivity contribution in [1.29, 1.82) is 0 Å². The van der Waals surface area contributed by atoms with Gasteiger partial charge in [0.05, 0.1) is 12.8 Å². The monoisotopic (exact) mass is 364 g/mol. The lowest BCUT2D eigenvalue weighted by Gasteiger charge is -2.21. The lowest BCUT2D eigenvalue weighted by atomic mass is 9.97. The van der Waals surface area contributed by atoms with E-state index in [-0.39, 0.29) is 12.5 Å². The van der Waals surface area contributed by atoms with Crippen molar-refractivity contribution in [3.63, 3.8) is 0 Å². The second-order valence-electron chi connectivity index (χ2n) is 6.82. The summed E-state index contributed by atoms with van der Waals surface area (Å²) in [5.41, 5.74) is 4.03. The van der Waals surface area contributed by atoms with Crippen molar-refractivity contribution in [2.24, 2.45) is 0 Å². The zero-order valence-corrected chi connectivity index (χ0v) is 16.2. The Bertz CT molecular complexity index is 754. The number of rotatable bonds is 7. The maximum absolute atomic E-state index is 12.4. The van der Waals surface area contributed by atoms with Gasteiger partial charge in [-0.1, -0.05) is 23.8 Å². The van der Waals surface area contributed by atoms with Crippen LogP contribution < -0.4 is 5.32 Å². The fourth-order valence-electron chi connectivity index (χ4n) is 2.98. The second-order valence-corrected chi connectivity index (χ2v) is 8.80. The van der Waals surface area contributed by atoms with Crippen LogP contribution in [0.1, 0.15) is 43.2 Å². The summed E-state index contributed by atoms with van der Waals surface area (Å²) in [6, 6.07) is 5.81. The van der Waals surface area contributed by atoms with Gasteiger partial charge < -0.3 is 5.32 Å². The minimum atomic E-state index is -3.43. The number of benzene rings is 1. The number of amides is 1. The largest absolute Gasteiger partial charge is 0.325 e. The summed E-state index contributed by atoms with van der Waals surface area (Å²) in [5, 5.41) is 2.83. The van der Waals surface area contributed by atoms with E-state index in [1.54, 1.807) is 0 Å². The number of carbonyl (C=O) groups excluding carboxylic acids is 1. The van der Waals surface area contributed by atoms with Crippen LogP contribution in [0.2, 0.25) is 0 Å². The summed E-state index contributed by atoms with van der Waals surface area (Å²) in [6.07, 6.45) is 8.54. The summed E-state index contributed by atoms with van der Waals surface area (Å²) in [4.78, 5) is 12.4. The molecule has 0 radical (unpaired) electrons. The van der Waals surface area contributed by atoms with Gasteiger partial charge >= 0.3 is 0 Å². The molecule has 138 valence electrons. The van der Waals surface area contributed by atoms with E-state index < -0.39 is 10.0 Å². The molecule has 0 saturated carbocycles. The van der Waals surface area contributed by atoms with Gasteiger partial charge in [-0.05, 0) is 63.1 Å². The first-order valence-electron chi connectivity index (χ1n) is 8.76. The molecule has 0 aromatic heterocycles. The number of nitrogens with one attached hydrogen (secondary N) is 1. The van der Waals surface area contributed by atoms with Crippen LogP contribution in [-0.2, 0) is 14.8 Å². The van der Waals surface area contributed by atoms with Gasteiger partial charge in [0.2, 0.25) is 15.9 Å². The van der Waals surface area contributed by atoms with Gasteiger partial charge in [-0.25, -0.2) is 8.42 Å². The van der Waals surface area contributed by atoms with E-state index in [0.29, 0.717) is 13.0 Å². The van der Waals surface area contributed by atoms with Crippen molar-refractivity contribution in [2.45, 2.75) is 46.0 Å². The quantitative estimate of drug-likeness (QED) is 0.754. The number of nitrogens with zero attached hydrogens (tertiary/aromatic N) is 1. The van der Waals surface area contributed by atoms with Crippen LogP contribution in [-0.4, -0.2) is 38.0 Å². The fraction of sp³-hybridized carbons (Fsp3) is 0.526. The number of anilines is 1. The first kappa shape index (κ1) is 19.7. The molecule has 0 atom stereocenters. The average molecular weight is 365 g/mol. The highest BCUT2D eigenvalue weighted by atomic mass is 32.2. The Morgan fingerprint density at radius 3 is 2.64 bits per heavy atom. The predicted molar refractivity (Wildman–Crippen MR) is 102 cm³/mol. The number of sulfonamides is 1. The molecular formula is C19H28N2O3S. The lowest BCUT2D eigenvalue weighted by Crippen LogP contribution is -2.38. The zero-order valence-electron chi connectivity index (χ0n) is 15.3. The Hall–Kier alpha value is -1.66. The molecule has 1 aliphatic rings. The number of hydrogen-bond acceptors (Lipinski definition) is 3. The molecule has 2 rings (SSSR count). The summed E-state index contributed by atoms with van der Waals surface area (Å²) >= 11 is 0. The Kier molecular flexibility index (Phi) is 6.79. The van der Waals surface area contributed by atoms with Crippen molar-refractivity contribution in [2.75, 3.05) is 24.7 Å². The number of allylic oxidation sites excluding steroid dienone is 1. The summed E-state index contributed by atoms with van der Waals surface area (Å²) < 4.78 is 25.3. The number of carbonyl (C=O) groups is 1. The molecule has 0 spiro atoms. The van der Waals surface area contributed by atoms with Gasteiger partial charge in [0.1, 0.15) is 0 Å². The Morgan fingerprint density at radius 2 is 2.00 bits per heavy atom. The highest BCUT2D eigenvalue weighted by molar-refractivity contribution is 7.88. The summed E-state index contributed by atoms with van der Waals surface area (Å²) in [7, 11) is -3.43. The SMILES string of the molecule is Cc1ccc(C)c(NC(=O)CN(CCC2=CCCCC2)S(C)(=O)=O)c1. The Balaban J connectivity index is 1.99. The molecule has 0 aliphatic heterocycles. The molecule has 5 nitrogen and oxygen atoms in total. The molecule has 1 amide bonds. The lowest BCUT2D eigenvalue weighted by molar-refractivity contribution is -0.116. The molecular weight excluding hydrogens is 336 g/mol. The van der Waals surface area contributed by atoms with E-state index in [1.165, 1.54) is 16.3 Å². The third-order valence-electron chi connectivity index (χ3n) is 4.52. The van der Waals surface area contributed by atoms with Crippen molar-refractivity contribution < 1.29 is 13.2 Å². The Labute approximate surface area is 151 Å². The molecule has 1 aromatic rings. The minimum Gasteiger partial charge on any atom is -0.325 e. The van der Waals surface area contributed by atoms with Gasteiger partial charge in [0.15, 0.2) is 0 Å². The van der Waals surface area contributed by atoms with Crippen LogP contribution >= 0.6 is 0 Å². The van der Waals surface area contributed by atoms with Gasteiger partial charge in [-0.2, -0.15) is 4.31 Å². The molecule has 1 aliphatic carbocycles. The number of hydrogen-bond donors (Lipinski definition) is 1. The number of aryl methyl sites for hydroxylation is 2. The molecule has 0 heterocycles. The maximum atomic E-state index is 12.4. The normalized spacial score (nSPS) is 15.1. The summed E-state index contributed by atoms with van der Waals surface area (Å²) in [6.45, 7) is 4.07. The summed E-state index contributed by atoms with van der Waals surface area (Å²) in [5.74, 6) is -0.309. The molecule has 25 heavy (non-hydrogen) atoms. The smallest absolute Gasteiger partial charge is 0.239 e. The van der Waals surface area contributed by atoms with Crippen LogP contribution in [0.4, 0.5) is 5.69 Å². The van der Waals surface area contributed by atoms with E-state index >= 15 is 0 Å². The van der Waals surface area contributed by atoms with Crippen LogP contribution in [0.15, 0.2) is 29.8 Å². The topological polar surface area (TPSA) is 66.5 Å². The van der Waals surface area contributed by atoms with Gasteiger partial charge in [-0.15, -0.1) is 0 Å².